The second-order valence-corrected chi connectivity index (χ2v) is 4.61. The van der Waals surface area contributed by atoms with Crippen LogP contribution < -0.4 is 5.73 Å². The largest absolute Gasteiger partial charge is 0.380 e. The van der Waals surface area contributed by atoms with Gasteiger partial charge in [-0.05, 0) is 30.4 Å². The van der Waals surface area contributed by atoms with Crippen LogP contribution in [0.25, 0.3) is 0 Å². The average Bonchev–Trinajstić information content (AvgIpc) is 2.27. The summed E-state index contributed by atoms with van der Waals surface area (Å²) in [6.45, 7) is 5.45. The number of hydrogen-bond donors (Lipinski definition) is 1. The van der Waals surface area contributed by atoms with Crippen molar-refractivity contribution in [2.75, 3.05) is 19.0 Å². The average molecular weight is 225 g/mol. The van der Waals surface area contributed by atoms with Gasteiger partial charge in [-0.2, -0.15) is 0 Å². The summed E-state index contributed by atoms with van der Waals surface area (Å²) in [5, 5.41) is 0. The summed E-state index contributed by atoms with van der Waals surface area (Å²) in [7, 11) is 0. The van der Waals surface area contributed by atoms with Crippen LogP contribution in [0, 0.1) is 0 Å². The third kappa shape index (κ3) is 4.24. The van der Waals surface area contributed by atoms with Gasteiger partial charge in [-0.15, -0.1) is 11.8 Å². The van der Waals surface area contributed by atoms with Crippen molar-refractivity contribution in [3.05, 3.63) is 29.8 Å². The fourth-order valence-corrected chi connectivity index (χ4v) is 1.98. The molecule has 0 amide bonds. The van der Waals surface area contributed by atoms with Gasteiger partial charge in [-0.3, -0.25) is 0 Å². The van der Waals surface area contributed by atoms with E-state index in [0.717, 1.165) is 17.9 Å². The molecule has 0 aromatic heterocycles. The standard InChI is InChI=1S/C12H19NOS/c1-3-14-9-12(13)10-5-7-11(8-6-10)15-4-2/h5-8,12H,3-4,9,13H2,1-2H3. The molecule has 0 bridgehead atoms. The maximum atomic E-state index is 5.97. The number of hydrogen-bond acceptors (Lipinski definition) is 3. The summed E-state index contributed by atoms with van der Waals surface area (Å²) in [6, 6.07) is 8.40. The highest BCUT2D eigenvalue weighted by Crippen LogP contribution is 2.20. The molecule has 2 N–H and O–H groups in total. The molecule has 84 valence electrons. The van der Waals surface area contributed by atoms with Gasteiger partial charge >= 0.3 is 0 Å². The molecule has 0 aliphatic rings. The number of nitrogens with two attached hydrogens (primary N) is 1. The molecule has 0 aliphatic heterocycles. The Morgan fingerprint density at radius 3 is 2.47 bits per heavy atom. The van der Waals surface area contributed by atoms with Crippen LogP contribution >= 0.6 is 11.8 Å². The summed E-state index contributed by atoms with van der Waals surface area (Å²) >= 11 is 1.84. The van der Waals surface area contributed by atoms with Gasteiger partial charge in [0.2, 0.25) is 0 Å². The van der Waals surface area contributed by atoms with Crippen molar-refractivity contribution in [3.63, 3.8) is 0 Å². The van der Waals surface area contributed by atoms with Crippen molar-refractivity contribution in [3.8, 4) is 0 Å². The lowest BCUT2D eigenvalue weighted by Crippen LogP contribution is -2.16. The van der Waals surface area contributed by atoms with Gasteiger partial charge in [0.1, 0.15) is 0 Å². The first-order chi connectivity index (χ1) is 7.27. The SMILES string of the molecule is CCOCC(N)c1ccc(SCC)cc1. The second-order valence-electron chi connectivity index (χ2n) is 3.27. The molecule has 0 saturated heterocycles. The molecule has 0 spiro atoms. The van der Waals surface area contributed by atoms with E-state index in [4.69, 9.17) is 10.5 Å². The zero-order chi connectivity index (χ0) is 11.1. The molecule has 1 aromatic carbocycles. The van der Waals surface area contributed by atoms with Gasteiger partial charge in [0, 0.05) is 11.5 Å². The molecule has 1 aromatic rings. The highest BCUT2D eigenvalue weighted by molar-refractivity contribution is 7.99. The maximum absolute atomic E-state index is 5.97. The van der Waals surface area contributed by atoms with Gasteiger partial charge in [0.25, 0.3) is 0 Å². The summed E-state index contributed by atoms with van der Waals surface area (Å²) in [5.41, 5.74) is 7.12. The minimum absolute atomic E-state index is 0.00868. The smallest absolute Gasteiger partial charge is 0.0659 e. The highest BCUT2D eigenvalue weighted by atomic mass is 32.2. The van der Waals surface area contributed by atoms with E-state index in [9.17, 15) is 0 Å². The maximum Gasteiger partial charge on any atom is 0.0659 e. The molecule has 0 aliphatic carbocycles. The van der Waals surface area contributed by atoms with E-state index in [1.54, 1.807) is 0 Å². The fourth-order valence-electron chi connectivity index (χ4n) is 1.32. The predicted molar refractivity (Wildman–Crippen MR) is 66.3 cm³/mol. The first kappa shape index (κ1) is 12.6. The van der Waals surface area contributed by atoms with Crippen molar-refractivity contribution >= 4 is 11.8 Å². The molecule has 15 heavy (non-hydrogen) atoms. The highest BCUT2D eigenvalue weighted by Gasteiger charge is 2.05. The van der Waals surface area contributed by atoms with Crippen LogP contribution in [0.4, 0.5) is 0 Å². The van der Waals surface area contributed by atoms with Gasteiger partial charge in [0.05, 0.1) is 12.6 Å². The molecular weight excluding hydrogens is 206 g/mol. The van der Waals surface area contributed by atoms with Crippen LogP contribution in [-0.4, -0.2) is 19.0 Å². The van der Waals surface area contributed by atoms with Crippen LogP contribution in [-0.2, 0) is 4.74 Å². The van der Waals surface area contributed by atoms with Crippen molar-refractivity contribution in [1.82, 2.24) is 0 Å². The number of ether oxygens (including phenoxy) is 1. The lowest BCUT2D eigenvalue weighted by atomic mass is 10.1. The van der Waals surface area contributed by atoms with Crippen molar-refractivity contribution in [2.24, 2.45) is 5.73 Å². The van der Waals surface area contributed by atoms with Crippen LogP contribution in [0.15, 0.2) is 29.2 Å². The molecule has 1 rings (SSSR count). The van der Waals surface area contributed by atoms with Crippen molar-refractivity contribution in [1.29, 1.82) is 0 Å². The van der Waals surface area contributed by atoms with E-state index in [1.807, 2.05) is 18.7 Å². The monoisotopic (exact) mass is 225 g/mol. The lowest BCUT2D eigenvalue weighted by Gasteiger charge is -2.12. The van der Waals surface area contributed by atoms with Gasteiger partial charge < -0.3 is 10.5 Å². The Morgan fingerprint density at radius 2 is 1.93 bits per heavy atom. The van der Waals surface area contributed by atoms with Gasteiger partial charge in [-0.25, -0.2) is 0 Å². The number of thioether (sulfide) groups is 1. The molecule has 0 saturated carbocycles. The summed E-state index contributed by atoms with van der Waals surface area (Å²) < 4.78 is 5.30. The van der Waals surface area contributed by atoms with E-state index in [2.05, 4.69) is 31.2 Å². The molecule has 0 radical (unpaired) electrons. The molecule has 1 unspecified atom stereocenters. The molecule has 0 fully saturated rings. The zero-order valence-electron chi connectivity index (χ0n) is 9.40. The first-order valence-electron chi connectivity index (χ1n) is 5.34. The van der Waals surface area contributed by atoms with E-state index < -0.39 is 0 Å². The Labute approximate surface area is 96.2 Å². The Balaban J connectivity index is 2.54. The third-order valence-corrected chi connectivity index (χ3v) is 3.01. The van der Waals surface area contributed by atoms with E-state index in [-0.39, 0.29) is 6.04 Å². The summed E-state index contributed by atoms with van der Waals surface area (Å²) in [5.74, 6) is 1.10. The molecule has 3 heteroatoms. The number of rotatable bonds is 6. The van der Waals surface area contributed by atoms with Gasteiger partial charge in [-0.1, -0.05) is 19.1 Å². The van der Waals surface area contributed by atoms with E-state index >= 15 is 0 Å². The molecule has 2 nitrogen and oxygen atoms in total. The van der Waals surface area contributed by atoms with Crippen molar-refractivity contribution in [2.45, 2.75) is 24.8 Å². The minimum Gasteiger partial charge on any atom is -0.380 e. The Morgan fingerprint density at radius 1 is 1.27 bits per heavy atom. The molecular formula is C12H19NOS. The van der Waals surface area contributed by atoms with Crippen LogP contribution in [0.3, 0.4) is 0 Å². The molecule has 1 atom stereocenters. The number of benzene rings is 1. The normalized spacial score (nSPS) is 12.7. The first-order valence-corrected chi connectivity index (χ1v) is 6.32. The Kier molecular flexibility index (Phi) is 5.76. The topological polar surface area (TPSA) is 35.2 Å². The van der Waals surface area contributed by atoms with Gasteiger partial charge in [0.15, 0.2) is 0 Å². The minimum atomic E-state index is -0.00868. The van der Waals surface area contributed by atoms with Crippen LogP contribution in [0.1, 0.15) is 25.5 Å². The second kappa shape index (κ2) is 6.88. The quantitative estimate of drug-likeness (QED) is 0.756. The fraction of sp³-hybridized carbons (Fsp3) is 0.500. The van der Waals surface area contributed by atoms with E-state index in [1.165, 1.54) is 4.90 Å². The molecule has 0 heterocycles. The lowest BCUT2D eigenvalue weighted by molar-refractivity contribution is 0.133. The summed E-state index contributed by atoms with van der Waals surface area (Å²) in [6.07, 6.45) is 0. The third-order valence-electron chi connectivity index (χ3n) is 2.12. The van der Waals surface area contributed by atoms with Crippen molar-refractivity contribution < 1.29 is 4.74 Å². The Hall–Kier alpha value is -0.510. The van der Waals surface area contributed by atoms with Crippen LogP contribution in [0.5, 0.6) is 0 Å². The summed E-state index contributed by atoms with van der Waals surface area (Å²) in [4.78, 5) is 1.30. The van der Waals surface area contributed by atoms with Crippen LogP contribution in [0.2, 0.25) is 0 Å². The Bertz CT molecular complexity index is 273. The zero-order valence-corrected chi connectivity index (χ0v) is 10.2. The predicted octanol–water partition coefficient (Wildman–Crippen LogP) is 2.83. The van der Waals surface area contributed by atoms with E-state index in [0.29, 0.717) is 6.61 Å².